The van der Waals surface area contributed by atoms with Gasteiger partial charge in [-0.2, -0.15) is 4.98 Å². The summed E-state index contributed by atoms with van der Waals surface area (Å²) in [5.41, 5.74) is 0. The quantitative estimate of drug-likeness (QED) is 0.835. The van der Waals surface area contributed by atoms with Crippen molar-refractivity contribution in [1.82, 2.24) is 9.97 Å². The zero-order chi connectivity index (χ0) is 10.7. The van der Waals surface area contributed by atoms with E-state index in [0.29, 0.717) is 11.7 Å². The highest BCUT2D eigenvalue weighted by Crippen LogP contribution is 2.27. The lowest BCUT2D eigenvalue weighted by Crippen LogP contribution is -1.92. The van der Waals surface area contributed by atoms with Crippen molar-refractivity contribution in [2.75, 3.05) is 0 Å². The van der Waals surface area contributed by atoms with Crippen molar-refractivity contribution in [1.29, 1.82) is 0 Å². The van der Waals surface area contributed by atoms with Crippen LogP contribution in [-0.4, -0.2) is 9.97 Å². The lowest BCUT2D eigenvalue weighted by Gasteiger charge is -2.06. The van der Waals surface area contributed by atoms with Gasteiger partial charge < -0.3 is 4.74 Å². The zero-order valence-corrected chi connectivity index (χ0v) is 9.73. The van der Waals surface area contributed by atoms with E-state index in [1.54, 1.807) is 12.3 Å². The van der Waals surface area contributed by atoms with E-state index in [0.717, 1.165) is 10.2 Å². The fourth-order valence-electron chi connectivity index (χ4n) is 1.13. The topological polar surface area (TPSA) is 35.0 Å². The van der Waals surface area contributed by atoms with Crippen molar-refractivity contribution in [2.45, 2.75) is 6.92 Å². The number of aromatic nitrogens is 2. The van der Waals surface area contributed by atoms with Crippen LogP contribution in [0, 0.1) is 6.92 Å². The van der Waals surface area contributed by atoms with Crippen LogP contribution in [0.25, 0.3) is 0 Å². The lowest BCUT2D eigenvalue weighted by molar-refractivity contribution is 0.457. The van der Waals surface area contributed by atoms with Crippen LogP contribution in [-0.2, 0) is 0 Å². The maximum atomic E-state index is 5.59. The predicted octanol–water partition coefficient (Wildman–Crippen LogP) is 3.34. The van der Waals surface area contributed by atoms with Gasteiger partial charge in [0.25, 0.3) is 0 Å². The van der Waals surface area contributed by atoms with Gasteiger partial charge in [0.15, 0.2) is 0 Å². The summed E-state index contributed by atoms with van der Waals surface area (Å²) in [6, 6.07) is 9.37. The van der Waals surface area contributed by atoms with Crippen LogP contribution in [0.15, 0.2) is 41.0 Å². The minimum atomic E-state index is 0.550. The lowest BCUT2D eigenvalue weighted by atomic mass is 10.3. The molecule has 15 heavy (non-hydrogen) atoms. The van der Waals surface area contributed by atoms with Crippen LogP contribution in [0.2, 0.25) is 0 Å². The molecule has 0 unspecified atom stereocenters. The number of hydrogen-bond donors (Lipinski definition) is 0. The fraction of sp³-hybridized carbons (Fsp3) is 0.0909. The SMILES string of the molecule is Cc1nccc(Oc2ccccc2Br)n1. The van der Waals surface area contributed by atoms with E-state index in [1.807, 2.05) is 31.2 Å². The maximum Gasteiger partial charge on any atom is 0.222 e. The summed E-state index contributed by atoms with van der Waals surface area (Å²) in [5.74, 6) is 1.99. The van der Waals surface area contributed by atoms with Crippen LogP contribution < -0.4 is 4.74 Å². The number of rotatable bonds is 2. The number of hydrogen-bond acceptors (Lipinski definition) is 3. The van der Waals surface area contributed by atoms with E-state index in [1.165, 1.54) is 0 Å². The van der Waals surface area contributed by atoms with E-state index >= 15 is 0 Å². The maximum absolute atomic E-state index is 5.59. The molecular weight excluding hydrogens is 256 g/mol. The van der Waals surface area contributed by atoms with Crippen LogP contribution in [0.4, 0.5) is 0 Å². The van der Waals surface area contributed by atoms with Crippen molar-refractivity contribution in [3.05, 3.63) is 46.8 Å². The average Bonchev–Trinajstić information content (AvgIpc) is 2.22. The molecule has 3 nitrogen and oxygen atoms in total. The summed E-state index contributed by atoms with van der Waals surface area (Å²) in [6.45, 7) is 1.83. The normalized spacial score (nSPS) is 10.0. The Kier molecular flexibility index (Phi) is 2.97. The van der Waals surface area contributed by atoms with Gasteiger partial charge in [-0.15, -0.1) is 0 Å². The predicted molar refractivity (Wildman–Crippen MR) is 61.0 cm³/mol. The second-order valence-corrected chi connectivity index (χ2v) is 3.83. The number of ether oxygens (including phenoxy) is 1. The molecule has 0 saturated heterocycles. The van der Waals surface area contributed by atoms with E-state index in [2.05, 4.69) is 25.9 Å². The third-order valence-electron chi connectivity index (χ3n) is 1.80. The Morgan fingerprint density at radius 2 is 2.00 bits per heavy atom. The van der Waals surface area contributed by atoms with E-state index < -0.39 is 0 Å². The molecule has 0 radical (unpaired) electrons. The molecule has 2 aromatic rings. The van der Waals surface area contributed by atoms with Crippen molar-refractivity contribution in [3.8, 4) is 11.6 Å². The zero-order valence-electron chi connectivity index (χ0n) is 8.14. The Balaban J connectivity index is 2.26. The number of benzene rings is 1. The second kappa shape index (κ2) is 4.40. The van der Waals surface area contributed by atoms with Gasteiger partial charge in [0, 0.05) is 12.3 Å². The van der Waals surface area contributed by atoms with Crippen LogP contribution in [0.3, 0.4) is 0 Å². The molecule has 0 aliphatic carbocycles. The smallest absolute Gasteiger partial charge is 0.222 e. The summed E-state index contributed by atoms with van der Waals surface area (Å²) in [6.07, 6.45) is 1.68. The highest BCUT2D eigenvalue weighted by molar-refractivity contribution is 9.10. The summed E-state index contributed by atoms with van der Waals surface area (Å²) < 4.78 is 6.50. The third kappa shape index (κ3) is 2.53. The largest absolute Gasteiger partial charge is 0.438 e. The fourth-order valence-corrected chi connectivity index (χ4v) is 1.50. The Morgan fingerprint density at radius 3 is 2.73 bits per heavy atom. The molecule has 0 saturated carbocycles. The summed E-state index contributed by atoms with van der Waals surface area (Å²) in [7, 11) is 0. The molecule has 4 heteroatoms. The molecule has 0 amide bonds. The molecule has 0 atom stereocenters. The van der Waals surface area contributed by atoms with Gasteiger partial charge in [0.05, 0.1) is 4.47 Å². The Morgan fingerprint density at radius 1 is 1.20 bits per heavy atom. The highest BCUT2D eigenvalue weighted by atomic mass is 79.9. The van der Waals surface area contributed by atoms with Gasteiger partial charge in [-0.25, -0.2) is 4.98 Å². The average molecular weight is 265 g/mol. The Labute approximate surface area is 96.3 Å². The standard InChI is InChI=1S/C11H9BrN2O/c1-8-13-7-6-11(14-8)15-10-5-3-2-4-9(10)12/h2-7H,1H3. The minimum Gasteiger partial charge on any atom is -0.438 e. The van der Waals surface area contributed by atoms with Crippen molar-refractivity contribution < 1.29 is 4.74 Å². The van der Waals surface area contributed by atoms with Crippen LogP contribution in [0.1, 0.15) is 5.82 Å². The third-order valence-corrected chi connectivity index (χ3v) is 2.46. The van der Waals surface area contributed by atoms with E-state index in [9.17, 15) is 0 Å². The summed E-state index contributed by atoms with van der Waals surface area (Å²) in [5, 5.41) is 0. The molecule has 0 fully saturated rings. The van der Waals surface area contributed by atoms with Crippen molar-refractivity contribution in [3.63, 3.8) is 0 Å². The first kappa shape index (κ1) is 10.1. The van der Waals surface area contributed by atoms with Crippen molar-refractivity contribution >= 4 is 15.9 Å². The molecular formula is C11H9BrN2O. The molecule has 0 spiro atoms. The van der Waals surface area contributed by atoms with Gasteiger partial charge in [-0.05, 0) is 35.0 Å². The first-order valence-corrected chi connectivity index (χ1v) is 5.27. The molecule has 1 heterocycles. The number of para-hydroxylation sites is 1. The van der Waals surface area contributed by atoms with Gasteiger partial charge in [-0.3, -0.25) is 0 Å². The molecule has 2 rings (SSSR count). The monoisotopic (exact) mass is 264 g/mol. The molecule has 0 aliphatic rings. The summed E-state index contributed by atoms with van der Waals surface area (Å²) >= 11 is 3.40. The van der Waals surface area contributed by atoms with Crippen molar-refractivity contribution in [2.24, 2.45) is 0 Å². The van der Waals surface area contributed by atoms with Gasteiger partial charge in [0.1, 0.15) is 11.6 Å². The van der Waals surface area contributed by atoms with Gasteiger partial charge >= 0.3 is 0 Å². The van der Waals surface area contributed by atoms with Crippen LogP contribution in [0.5, 0.6) is 11.6 Å². The molecule has 1 aromatic carbocycles. The summed E-state index contributed by atoms with van der Waals surface area (Å²) in [4.78, 5) is 8.16. The molecule has 0 N–H and O–H groups in total. The Bertz CT molecular complexity index is 474. The van der Waals surface area contributed by atoms with Gasteiger partial charge in [-0.1, -0.05) is 12.1 Å². The first-order valence-electron chi connectivity index (χ1n) is 4.48. The van der Waals surface area contributed by atoms with E-state index in [4.69, 9.17) is 4.74 Å². The molecule has 0 aliphatic heterocycles. The van der Waals surface area contributed by atoms with E-state index in [-0.39, 0.29) is 0 Å². The van der Waals surface area contributed by atoms with Gasteiger partial charge in [0.2, 0.25) is 5.88 Å². The van der Waals surface area contributed by atoms with Crippen LogP contribution >= 0.6 is 15.9 Å². The number of nitrogens with zero attached hydrogens (tertiary/aromatic N) is 2. The molecule has 76 valence electrons. The highest BCUT2D eigenvalue weighted by Gasteiger charge is 2.02. The minimum absolute atomic E-state index is 0.550. The second-order valence-electron chi connectivity index (χ2n) is 2.97. The molecule has 1 aromatic heterocycles. The molecule has 0 bridgehead atoms. The number of halogens is 1. The first-order chi connectivity index (χ1) is 7.25. The number of aryl methyl sites for hydroxylation is 1. The Hall–Kier alpha value is -1.42.